The standard InChI is InChI=1S/C13H15NO7/c14-7-19-13(20-8-4-2-1-3-5-8)12(18)11(17)10(16)9(6-15)21-13/h1-5,9-12,15-18H,6H2/t9-,10-,11+,12+,13-/m1/s1. The predicted molar refractivity (Wildman–Crippen MR) is 66.5 cm³/mol. The summed E-state index contributed by atoms with van der Waals surface area (Å²) in [6, 6.07) is 8.03. The van der Waals surface area contributed by atoms with Crippen LogP contribution in [0.4, 0.5) is 0 Å². The molecule has 1 heterocycles. The molecule has 2 rings (SSSR count). The quantitative estimate of drug-likeness (QED) is 0.398. The third kappa shape index (κ3) is 2.92. The first-order valence-corrected chi connectivity index (χ1v) is 6.18. The topological polar surface area (TPSA) is 132 Å². The van der Waals surface area contributed by atoms with Crippen LogP contribution in [0.5, 0.6) is 5.75 Å². The highest BCUT2D eigenvalue weighted by atomic mass is 16.9. The Kier molecular flexibility index (Phi) is 4.62. The maximum Gasteiger partial charge on any atom is 0.412 e. The van der Waals surface area contributed by atoms with Crippen molar-refractivity contribution in [2.24, 2.45) is 0 Å². The molecule has 1 aromatic carbocycles. The number of rotatable bonds is 4. The van der Waals surface area contributed by atoms with Crippen molar-refractivity contribution in [1.82, 2.24) is 0 Å². The SMILES string of the molecule is N#CO[C@]1(Oc2ccccc2)O[C@H](CO)[C@@H](O)[C@H](O)[C@@H]1O. The zero-order chi connectivity index (χ0) is 15.5. The van der Waals surface area contributed by atoms with Gasteiger partial charge in [-0.2, -0.15) is 5.26 Å². The molecule has 1 aliphatic heterocycles. The highest BCUT2D eigenvalue weighted by molar-refractivity contribution is 5.22. The minimum absolute atomic E-state index is 0.201. The van der Waals surface area contributed by atoms with E-state index in [2.05, 4.69) is 4.74 Å². The molecule has 1 saturated heterocycles. The van der Waals surface area contributed by atoms with Crippen molar-refractivity contribution in [1.29, 1.82) is 5.26 Å². The Balaban J connectivity index is 2.33. The van der Waals surface area contributed by atoms with E-state index in [4.69, 9.17) is 19.8 Å². The van der Waals surface area contributed by atoms with E-state index >= 15 is 0 Å². The van der Waals surface area contributed by atoms with Crippen LogP contribution in [0.1, 0.15) is 0 Å². The summed E-state index contributed by atoms with van der Waals surface area (Å²) < 4.78 is 15.2. The molecule has 0 spiro atoms. The summed E-state index contributed by atoms with van der Waals surface area (Å²) in [6.45, 7) is -0.667. The number of hydrogen-bond acceptors (Lipinski definition) is 8. The van der Waals surface area contributed by atoms with Gasteiger partial charge in [0.2, 0.25) is 0 Å². The molecule has 8 nitrogen and oxygen atoms in total. The summed E-state index contributed by atoms with van der Waals surface area (Å²) in [5.41, 5.74) is 0. The second-order valence-corrected chi connectivity index (χ2v) is 4.48. The van der Waals surface area contributed by atoms with Crippen molar-refractivity contribution in [3.8, 4) is 12.0 Å². The minimum atomic E-state index is -2.36. The summed E-state index contributed by atoms with van der Waals surface area (Å²) in [6.07, 6.45) is -5.12. The van der Waals surface area contributed by atoms with Gasteiger partial charge in [0.1, 0.15) is 24.1 Å². The van der Waals surface area contributed by atoms with Gasteiger partial charge in [-0.15, -0.1) is 0 Å². The van der Waals surface area contributed by atoms with Crippen LogP contribution in [0.15, 0.2) is 30.3 Å². The summed E-state index contributed by atoms with van der Waals surface area (Å²) in [7, 11) is 0. The van der Waals surface area contributed by atoms with Crippen LogP contribution < -0.4 is 4.74 Å². The lowest BCUT2D eigenvalue weighted by atomic mass is 9.97. The number of hydrogen-bond donors (Lipinski definition) is 4. The molecule has 5 atom stereocenters. The first kappa shape index (κ1) is 15.5. The molecule has 0 aliphatic carbocycles. The van der Waals surface area contributed by atoms with E-state index < -0.39 is 37.0 Å². The van der Waals surface area contributed by atoms with E-state index in [1.165, 1.54) is 18.4 Å². The highest BCUT2D eigenvalue weighted by Crippen LogP contribution is 2.33. The minimum Gasteiger partial charge on any atom is -0.427 e. The molecular formula is C13H15NO7. The molecule has 0 amide bonds. The average Bonchev–Trinajstić information content (AvgIpc) is 2.50. The molecule has 0 radical (unpaired) electrons. The van der Waals surface area contributed by atoms with E-state index in [-0.39, 0.29) is 5.75 Å². The summed E-state index contributed by atoms with van der Waals surface area (Å²) in [5, 5.41) is 47.5. The van der Waals surface area contributed by atoms with Crippen LogP contribution in [0.25, 0.3) is 0 Å². The fourth-order valence-corrected chi connectivity index (χ4v) is 2.02. The first-order chi connectivity index (χ1) is 10.0. The average molecular weight is 297 g/mol. The molecule has 1 aliphatic rings. The van der Waals surface area contributed by atoms with Gasteiger partial charge in [0.25, 0.3) is 6.26 Å². The maximum atomic E-state index is 10.0. The number of nitrogens with zero attached hydrogens (tertiary/aromatic N) is 1. The van der Waals surface area contributed by atoms with E-state index in [0.29, 0.717) is 0 Å². The molecule has 1 fully saturated rings. The fourth-order valence-electron chi connectivity index (χ4n) is 2.02. The van der Waals surface area contributed by atoms with Crippen molar-refractivity contribution < 1.29 is 34.6 Å². The third-order valence-electron chi connectivity index (χ3n) is 3.10. The van der Waals surface area contributed by atoms with Crippen molar-refractivity contribution in [2.75, 3.05) is 6.61 Å². The molecule has 0 bridgehead atoms. The summed E-state index contributed by atoms with van der Waals surface area (Å²) in [5.74, 6) is -2.16. The summed E-state index contributed by atoms with van der Waals surface area (Å²) >= 11 is 0. The summed E-state index contributed by atoms with van der Waals surface area (Å²) in [4.78, 5) is 0. The lowest BCUT2D eigenvalue weighted by Gasteiger charge is -2.44. The van der Waals surface area contributed by atoms with Gasteiger partial charge in [-0.1, -0.05) is 18.2 Å². The van der Waals surface area contributed by atoms with Gasteiger partial charge in [0.05, 0.1) is 6.61 Å². The lowest BCUT2D eigenvalue weighted by Crippen LogP contribution is -2.68. The Morgan fingerprint density at radius 1 is 1.19 bits per heavy atom. The van der Waals surface area contributed by atoms with Gasteiger partial charge in [0, 0.05) is 0 Å². The normalized spacial score (nSPS) is 35.8. The van der Waals surface area contributed by atoms with Crippen LogP contribution >= 0.6 is 0 Å². The Hall–Kier alpha value is -1.89. The van der Waals surface area contributed by atoms with Crippen LogP contribution in [-0.4, -0.2) is 57.4 Å². The fraction of sp³-hybridized carbons (Fsp3) is 0.462. The Morgan fingerprint density at radius 2 is 1.86 bits per heavy atom. The highest BCUT2D eigenvalue weighted by Gasteiger charge is 2.58. The molecule has 1 aromatic rings. The monoisotopic (exact) mass is 297 g/mol. The molecule has 0 saturated carbocycles. The second kappa shape index (κ2) is 6.26. The molecule has 8 heteroatoms. The van der Waals surface area contributed by atoms with Gasteiger partial charge in [-0.3, -0.25) is 4.74 Å². The van der Waals surface area contributed by atoms with Gasteiger partial charge < -0.3 is 29.9 Å². The van der Waals surface area contributed by atoms with E-state index in [0.717, 1.165) is 0 Å². The number of aliphatic hydroxyl groups excluding tert-OH is 4. The van der Waals surface area contributed by atoms with Crippen LogP contribution in [-0.2, 0) is 9.47 Å². The predicted octanol–water partition coefficient (Wildman–Crippen LogP) is -1.31. The van der Waals surface area contributed by atoms with E-state index in [9.17, 15) is 15.3 Å². The van der Waals surface area contributed by atoms with Crippen LogP contribution in [0, 0.1) is 11.5 Å². The molecular weight excluding hydrogens is 282 g/mol. The molecule has 4 N–H and O–H groups in total. The van der Waals surface area contributed by atoms with Gasteiger partial charge >= 0.3 is 5.97 Å². The van der Waals surface area contributed by atoms with Crippen LogP contribution in [0.3, 0.4) is 0 Å². The Morgan fingerprint density at radius 3 is 2.43 bits per heavy atom. The van der Waals surface area contributed by atoms with Crippen LogP contribution in [0.2, 0.25) is 0 Å². The van der Waals surface area contributed by atoms with Crippen molar-refractivity contribution in [3.63, 3.8) is 0 Å². The van der Waals surface area contributed by atoms with Gasteiger partial charge in [-0.05, 0) is 12.1 Å². The Labute approximate surface area is 120 Å². The largest absolute Gasteiger partial charge is 0.427 e. The molecule has 0 aromatic heterocycles. The number of para-hydroxylation sites is 1. The smallest absolute Gasteiger partial charge is 0.412 e. The number of benzene rings is 1. The van der Waals surface area contributed by atoms with E-state index in [1.54, 1.807) is 18.2 Å². The zero-order valence-electron chi connectivity index (χ0n) is 10.9. The first-order valence-electron chi connectivity index (χ1n) is 6.18. The zero-order valence-corrected chi connectivity index (χ0v) is 10.9. The Bertz CT molecular complexity index is 503. The van der Waals surface area contributed by atoms with Crippen molar-refractivity contribution in [2.45, 2.75) is 30.4 Å². The number of aliphatic hydroxyl groups is 4. The van der Waals surface area contributed by atoms with E-state index in [1.807, 2.05) is 0 Å². The van der Waals surface area contributed by atoms with Gasteiger partial charge in [-0.25, -0.2) is 0 Å². The maximum absolute atomic E-state index is 10.0. The van der Waals surface area contributed by atoms with Crippen molar-refractivity contribution >= 4 is 0 Å². The number of nitriles is 1. The van der Waals surface area contributed by atoms with Crippen molar-refractivity contribution in [3.05, 3.63) is 30.3 Å². The molecule has 21 heavy (non-hydrogen) atoms. The molecule has 0 unspecified atom stereocenters. The molecule has 114 valence electrons. The number of ether oxygens (including phenoxy) is 3. The lowest BCUT2D eigenvalue weighted by molar-refractivity contribution is -0.419. The van der Waals surface area contributed by atoms with Gasteiger partial charge in [0.15, 0.2) is 6.10 Å². The third-order valence-corrected chi connectivity index (χ3v) is 3.10. The second-order valence-electron chi connectivity index (χ2n) is 4.48.